The van der Waals surface area contributed by atoms with Crippen LogP contribution in [0.4, 0.5) is 11.4 Å². The molecule has 9 heteroatoms. The molecule has 2 aromatic carbocycles. The third kappa shape index (κ3) is 5.74. The maximum atomic E-state index is 11.8. The van der Waals surface area contributed by atoms with Crippen molar-refractivity contribution in [1.82, 2.24) is 5.32 Å². The quantitative estimate of drug-likeness (QED) is 0.453. The lowest BCUT2D eigenvalue weighted by atomic mass is 10.2. The van der Waals surface area contributed by atoms with Crippen molar-refractivity contribution < 1.29 is 14.5 Å². The number of hydrogen-bond acceptors (Lipinski definition) is 4. The molecule has 0 heterocycles. The molecule has 2 amide bonds. The lowest BCUT2D eigenvalue weighted by Gasteiger charge is -2.07. The Kier molecular flexibility index (Phi) is 6.32. The van der Waals surface area contributed by atoms with Gasteiger partial charge in [0, 0.05) is 23.3 Å². The highest BCUT2D eigenvalue weighted by Gasteiger charge is 2.14. The summed E-state index contributed by atoms with van der Waals surface area (Å²) in [6, 6.07) is 10.7. The Morgan fingerprint density at radius 3 is 2.32 bits per heavy atom. The molecule has 0 saturated carbocycles. The number of carbonyl (C=O) groups excluding carboxylic acids is 2. The van der Waals surface area contributed by atoms with E-state index >= 15 is 0 Å². The molecule has 2 rings (SSSR count). The Balaban J connectivity index is 1.85. The van der Waals surface area contributed by atoms with Crippen molar-refractivity contribution in [3.05, 3.63) is 68.2 Å². The van der Waals surface area contributed by atoms with Gasteiger partial charge >= 0.3 is 0 Å². The molecule has 0 aromatic heterocycles. The zero-order valence-electron chi connectivity index (χ0n) is 12.8. The van der Waals surface area contributed by atoms with Crippen LogP contribution in [-0.2, 0) is 16.1 Å². The van der Waals surface area contributed by atoms with Crippen LogP contribution in [0.1, 0.15) is 12.0 Å². The number of carbonyl (C=O) groups is 2. The number of nitrogens with one attached hydrogen (secondary N) is 2. The van der Waals surface area contributed by atoms with Crippen LogP contribution in [0.5, 0.6) is 0 Å². The molecular weight excluding hydrogens is 369 g/mol. The van der Waals surface area contributed by atoms with Crippen molar-refractivity contribution in [2.75, 3.05) is 5.32 Å². The summed E-state index contributed by atoms with van der Waals surface area (Å²) < 4.78 is 0. The summed E-state index contributed by atoms with van der Waals surface area (Å²) in [5.41, 5.74) is 0.854. The Morgan fingerprint density at radius 1 is 1.04 bits per heavy atom. The highest BCUT2D eigenvalue weighted by molar-refractivity contribution is 6.33. The number of nitro benzene ring substituents is 1. The van der Waals surface area contributed by atoms with Crippen molar-refractivity contribution in [2.45, 2.75) is 13.0 Å². The van der Waals surface area contributed by atoms with Crippen LogP contribution in [-0.4, -0.2) is 16.7 Å². The van der Waals surface area contributed by atoms with Gasteiger partial charge in [-0.3, -0.25) is 19.7 Å². The molecule has 130 valence electrons. The van der Waals surface area contributed by atoms with Gasteiger partial charge in [-0.25, -0.2) is 0 Å². The summed E-state index contributed by atoms with van der Waals surface area (Å²) >= 11 is 11.5. The van der Waals surface area contributed by atoms with Gasteiger partial charge in [0.1, 0.15) is 11.4 Å². The second kappa shape index (κ2) is 8.46. The second-order valence-electron chi connectivity index (χ2n) is 5.05. The van der Waals surface area contributed by atoms with Crippen molar-refractivity contribution in [1.29, 1.82) is 0 Å². The number of hydrogen-bond donors (Lipinski definition) is 2. The number of nitrogens with zero attached hydrogens (tertiary/aromatic N) is 1. The number of anilines is 1. The van der Waals surface area contributed by atoms with E-state index in [0.717, 1.165) is 5.56 Å². The lowest BCUT2D eigenvalue weighted by molar-refractivity contribution is -0.384. The van der Waals surface area contributed by atoms with Crippen molar-refractivity contribution in [2.24, 2.45) is 0 Å². The first-order valence-electron chi connectivity index (χ1n) is 7.10. The topological polar surface area (TPSA) is 101 Å². The van der Waals surface area contributed by atoms with Crippen LogP contribution < -0.4 is 10.6 Å². The third-order valence-electron chi connectivity index (χ3n) is 3.15. The molecular formula is C16H13Cl2N3O4. The van der Waals surface area contributed by atoms with Gasteiger partial charge in [0.15, 0.2) is 0 Å². The fourth-order valence-corrected chi connectivity index (χ4v) is 2.32. The van der Waals surface area contributed by atoms with Crippen molar-refractivity contribution in [3.8, 4) is 0 Å². The van der Waals surface area contributed by atoms with Crippen LogP contribution in [0.15, 0.2) is 42.5 Å². The van der Waals surface area contributed by atoms with Gasteiger partial charge in [-0.1, -0.05) is 35.3 Å². The summed E-state index contributed by atoms with van der Waals surface area (Å²) in [6.07, 6.45) is -0.387. The third-order valence-corrected chi connectivity index (χ3v) is 3.71. The van der Waals surface area contributed by atoms with E-state index in [4.69, 9.17) is 23.2 Å². The molecule has 0 aliphatic carbocycles. The number of halogens is 2. The van der Waals surface area contributed by atoms with Gasteiger partial charge in [0.2, 0.25) is 11.8 Å². The van der Waals surface area contributed by atoms with E-state index in [1.54, 1.807) is 24.3 Å². The van der Waals surface area contributed by atoms with Crippen LogP contribution in [0.3, 0.4) is 0 Å². The predicted octanol–water partition coefficient (Wildman–Crippen LogP) is 3.55. The normalized spacial score (nSPS) is 10.2. The molecule has 2 aromatic rings. The van der Waals surface area contributed by atoms with Gasteiger partial charge in [0.05, 0.1) is 4.92 Å². The molecule has 0 unspecified atom stereocenters. The summed E-state index contributed by atoms with van der Waals surface area (Å²) in [5, 5.41) is 16.2. The van der Waals surface area contributed by atoms with E-state index in [1.165, 1.54) is 18.2 Å². The summed E-state index contributed by atoms with van der Waals surface area (Å²) in [5.74, 6) is -1.01. The SMILES string of the molecule is O=C(CC(=O)Nc1ccc([N+](=O)[O-])c(Cl)c1)NCc1ccc(Cl)cc1. The zero-order valence-corrected chi connectivity index (χ0v) is 14.3. The fraction of sp³-hybridized carbons (Fsp3) is 0.125. The number of rotatable bonds is 6. The first-order chi connectivity index (χ1) is 11.8. The van der Waals surface area contributed by atoms with Gasteiger partial charge < -0.3 is 10.6 Å². The molecule has 0 atom stereocenters. The van der Waals surface area contributed by atoms with Crippen molar-refractivity contribution in [3.63, 3.8) is 0 Å². The fourth-order valence-electron chi connectivity index (χ4n) is 1.95. The number of nitro groups is 1. The lowest BCUT2D eigenvalue weighted by Crippen LogP contribution is -2.27. The average Bonchev–Trinajstić information content (AvgIpc) is 2.54. The Morgan fingerprint density at radius 2 is 1.72 bits per heavy atom. The molecule has 0 fully saturated rings. The van der Waals surface area contributed by atoms with E-state index in [9.17, 15) is 19.7 Å². The standard InChI is InChI=1S/C16H13Cl2N3O4/c17-11-3-1-10(2-4-11)9-19-15(22)8-16(23)20-12-5-6-14(21(24)25)13(18)7-12/h1-7H,8-9H2,(H,19,22)(H,20,23). The van der Waals surface area contributed by atoms with E-state index in [1.807, 2.05) is 0 Å². The van der Waals surface area contributed by atoms with E-state index in [-0.39, 0.29) is 29.4 Å². The van der Waals surface area contributed by atoms with Crippen LogP contribution >= 0.6 is 23.2 Å². The van der Waals surface area contributed by atoms with Crippen LogP contribution in [0.25, 0.3) is 0 Å². The minimum atomic E-state index is -0.627. The summed E-state index contributed by atoms with van der Waals surface area (Å²) in [6.45, 7) is 0.270. The average molecular weight is 382 g/mol. The number of amides is 2. The van der Waals surface area contributed by atoms with Gasteiger partial charge in [-0.2, -0.15) is 0 Å². The Labute approximate surface area is 153 Å². The molecule has 0 spiro atoms. The summed E-state index contributed by atoms with van der Waals surface area (Å²) in [7, 11) is 0. The summed E-state index contributed by atoms with van der Waals surface area (Å²) in [4.78, 5) is 33.7. The van der Waals surface area contributed by atoms with E-state index in [2.05, 4.69) is 10.6 Å². The molecule has 7 nitrogen and oxygen atoms in total. The minimum Gasteiger partial charge on any atom is -0.352 e. The van der Waals surface area contributed by atoms with Crippen LogP contribution in [0.2, 0.25) is 10.0 Å². The monoisotopic (exact) mass is 381 g/mol. The maximum Gasteiger partial charge on any atom is 0.288 e. The molecule has 25 heavy (non-hydrogen) atoms. The van der Waals surface area contributed by atoms with E-state index < -0.39 is 16.7 Å². The van der Waals surface area contributed by atoms with Gasteiger partial charge in [0.25, 0.3) is 5.69 Å². The zero-order chi connectivity index (χ0) is 18.4. The largest absolute Gasteiger partial charge is 0.352 e. The highest BCUT2D eigenvalue weighted by atomic mass is 35.5. The van der Waals surface area contributed by atoms with Gasteiger partial charge in [-0.05, 0) is 29.8 Å². The molecule has 0 bridgehead atoms. The minimum absolute atomic E-state index is 0.102. The Hall–Kier alpha value is -2.64. The van der Waals surface area contributed by atoms with Crippen molar-refractivity contribution >= 4 is 46.4 Å². The second-order valence-corrected chi connectivity index (χ2v) is 5.90. The first-order valence-corrected chi connectivity index (χ1v) is 7.85. The molecule has 0 saturated heterocycles. The molecule has 0 aliphatic rings. The maximum absolute atomic E-state index is 11.8. The smallest absolute Gasteiger partial charge is 0.288 e. The van der Waals surface area contributed by atoms with E-state index in [0.29, 0.717) is 5.02 Å². The Bertz CT molecular complexity index is 810. The van der Waals surface area contributed by atoms with Crippen LogP contribution in [0, 0.1) is 10.1 Å². The first kappa shape index (κ1) is 18.7. The molecule has 0 radical (unpaired) electrons. The molecule has 2 N–H and O–H groups in total. The predicted molar refractivity (Wildman–Crippen MR) is 94.7 cm³/mol. The molecule has 0 aliphatic heterocycles. The van der Waals surface area contributed by atoms with Gasteiger partial charge in [-0.15, -0.1) is 0 Å². The number of benzene rings is 2. The highest BCUT2D eigenvalue weighted by Crippen LogP contribution is 2.27.